The topological polar surface area (TPSA) is 32.8 Å². The molecule has 61 heavy (non-hydrogen) atoms. The number of rotatable bonds is 7. The molecule has 0 saturated heterocycles. The first-order valence-electron chi connectivity index (χ1n) is 21.2. The van der Waals surface area contributed by atoms with E-state index >= 15 is 0 Å². The second-order valence-electron chi connectivity index (χ2n) is 16.8. The number of furan rings is 2. The van der Waals surface area contributed by atoms with Crippen LogP contribution in [0.25, 0.3) is 76.2 Å². The van der Waals surface area contributed by atoms with Gasteiger partial charge in [0.2, 0.25) is 0 Å². The minimum atomic E-state index is 0.398. The highest BCUT2D eigenvalue weighted by molar-refractivity contribution is 6.29. The maximum atomic E-state index is 6.85. The highest BCUT2D eigenvalue weighted by Gasteiger charge is 2.29. The van der Waals surface area contributed by atoms with E-state index in [0.717, 1.165) is 99.9 Å². The highest BCUT2D eigenvalue weighted by Crippen LogP contribution is 2.53. The van der Waals surface area contributed by atoms with E-state index in [-0.39, 0.29) is 0 Å². The fraction of sp³-hybridized carbons (Fsp3) is 0.0877. The molecule has 2 aromatic heterocycles. The van der Waals surface area contributed by atoms with Crippen LogP contribution in [-0.4, -0.2) is 0 Å². The van der Waals surface area contributed by atoms with Gasteiger partial charge in [-0.1, -0.05) is 147 Å². The lowest BCUT2D eigenvalue weighted by Crippen LogP contribution is -2.16. The molecule has 0 aliphatic carbocycles. The van der Waals surface area contributed by atoms with Crippen LogP contribution in [0.5, 0.6) is 0 Å². The summed E-state index contributed by atoms with van der Waals surface area (Å²) < 4.78 is 13.7. The second kappa shape index (κ2) is 13.5. The molecule has 4 nitrogen and oxygen atoms in total. The summed E-state index contributed by atoms with van der Waals surface area (Å²) in [6.45, 7) is 8.96. The average Bonchev–Trinajstić information content (AvgIpc) is 3.87. The molecule has 292 valence electrons. The Morgan fingerprint density at radius 3 is 1.26 bits per heavy atom. The van der Waals surface area contributed by atoms with Crippen molar-refractivity contribution in [3.05, 3.63) is 193 Å². The molecule has 0 spiro atoms. The van der Waals surface area contributed by atoms with Crippen LogP contribution in [-0.2, 0) is 0 Å². The summed E-state index contributed by atoms with van der Waals surface area (Å²) in [6.07, 6.45) is 0. The number of nitrogens with zero attached hydrogens (tertiary/aromatic N) is 2. The van der Waals surface area contributed by atoms with E-state index in [2.05, 4.69) is 201 Å². The highest BCUT2D eigenvalue weighted by atomic mass is 16.3. The van der Waals surface area contributed by atoms with E-state index in [9.17, 15) is 0 Å². The molecule has 12 aromatic rings. The van der Waals surface area contributed by atoms with Crippen molar-refractivity contribution in [2.75, 3.05) is 9.80 Å². The Bertz CT molecular complexity index is 3450. The van der Waals surface area contributed by atoms with Crippen molar-refractivity contribution < 1.29 is 8.83 Å². The van der Waals surface area contributed by atoms with Gasteiger partial charge in [-0.3, -0.25) is 0 Å². The Kier molecular flexibility index (Phi) is 7.82. The Labute approximate surface area is 353 Å². The zero-order valence-corrected chi connectivity index (χ0v) is 34.5. The number of aryl methyl sites for hydroxylation is 2. The molecule has 0 bridgehead atoms. The standard InChI is InChI=1S/C57H42N2O2/c1-34(2)39-31-37-27-29-44-50(58(46-21-9-5-15-35(46)3)48-23-13-19-42-40-17-7-11-25-52(40)60-56(42)48)33-51(45-30-28-38(32-39)54(37)55(44)45)59(47-22-10-6-16-36(47)4)49-24-14-20-43-41-18-8-12-26-53(41)61-57(43)49/h5-34H,1-4H3. The maximum absolute atomic E-state index is 6.85. The Morgan fingerprint density at radius 2 is 0.787 bits per heavy atom. The van der Waals surface area contributed by atoms with Crippen molar-refractivity contribution in [2.24, 2.45) is 0 Å². The van der Waals surface area contributed by atoms with E-state index < -0.39 is 0 Å². The molecular formula is C57H42N2O2. The number of anilines is 6. The van der Waals surface area contributed by atoms with Gasteiger partial charge in [0.15, 0.2) is 11.2 Å². The SMILES string of the molecule is Cc1ccccc1N(c1cc(N(c2ccccc2C)c2cccc3c2oc2ccccc23)c2ccc3cc(C(C)C)cc4ccc1c2c43)c1cccc2c1oc1ccccc12. The van der Waals surface area contributed by atoms with Gasteiger partial charge in [-0.05, 0) is 95.1 Å². The number of para-hydroxylation sites is 6. The summed E-state index contributed by atoms with van der Waals surface area (Å²) in [5.41, 5.74) is 13.3. The number of fused-ring (bicyclic) bond motifs is 6. The molecule has 0 saturated carbocycles. The zero-order valence-electron chi connectivity index (χ0n) is 34.5. The van der Waals surface area contributed by atoms with Crippen molar-refractivity contribution in [1.29, 1.82) is 0 Å². The van der Waals surface area contributed by atoms with Crippen LogP contribution >= 0.6 is 0 Å². The first kappa shape index (κ1) is 35.4. The predicted molar refractivity (Wildman–Crippen MR) is 258 cm³/mol. The van der Waals surface area contributed by atoms with Crippen molar-refractivity contribution in [2.45, 2.75) is 33.6 Å². The Morgan fingerprint density at radius 1 is 0.361 bits per heavy atom. The lowest BCUT2D eigenvalue weighted by Gasteiger charge is -2.33. The van der Waals surface area contributed by atoms with E-state index in [1.54, 1.807) is 0 Å². The third-order valence-corrected chi connectivity index (χ3v) is 12.8. The second-order valence-corrected chi connectivity index (χ2v) is 16.8. The fourth-order valence-corrected chi connectivity index (χ4v) is 9.83. The van der Waals surface area contributed by atoms with E-state index in [1.165, 1.54) is 27.1 Å². The molecule has 0 aliphatic heterocycles. The lowest BCUT2D eigenvalue weighted by atomic mass is 9.88. The molecule has 0 N–H and O–H groups in total. The van der Waals surface area contributed by atoms with Gasteiger partial charge in [-0.2, -0.15) is 0 Å². The number of hydrogen-bond acceptors (Lipinski definition) is 4. The van der Waals surface area contributed by atoms with Crippen molar-refractivity contribution in [1.82, 2.24) is 0 Å². The van der Waals surface area contributed by atoms with Gasteiger partial charge >= 0.3 is 0 Å². The van der Waals surface area contributed by atoms with Crippen LogP contribution in [0.3, 0.4) is 0 Å². The van der Waals surface area contributed by atoms with Gasteiger partial charge in [-0.15, -0.1) is 0 Å². The first-order valence-corrected chi connectivity index (χ1v) is 21.2. The van der Waals surface area contributed by atoms with Crippen LogP contribution in [0.1, 0.15) is 36.5 Å². The summed E-state index contributed by atoms with van der Waals surface area (Å²) in [6, 6.07) is 63.7. The van der Waals surface area contributed by atoms with Gasteiger partial charge in [0, 0.05) is 49.1 Å². The van der Waals surface area contributed by atoms with E-state index in [1.807, 2.05) is 12.1 Å². The first-order chi connectivity index (χ1) is 29.9. The van der Waals surface area contributed by atoms with Gasteiger partial charge in [0.05, 0.1) is 22.7 Å². The molecule has 4 heteroatoms. The molecule has 0 aliphatic rings. The largest absolute Gasteiger partial charge is 0.454 e. The summed E-state index contributed by atoms with van der Waals surface area (Å²) in [5, 5.41) is 11.7. The number of benzene rings is 10. The van der Waals surface area contributed by atoms with Crippen LogP contribution in [0.2, 0.25) is 0 Å². The smallest absolute Gasteiger partial charge is 0.159 e. The minimum absolute atomic E-state index is 0.398. The van der Waals surface area contributed by atoms with Crippen LogP contribution in [0.4, 0.5) is 34.1 Å². The summed E-state index contributed by atoms with van der Waals surface area (Å²) in [7, 11) is 0. The third kappa shape index (κ3) is 5.31. The van der Waals surface area contributed by atoms with Crippen molar-refractivity contribution in [3.63, 3.8) is 0 Å². The van der Waals surface area contributed by atoms with E-state index in [0.29, 0.717) is 5.92 Å². The normalized spacial score (nSPS) is 12.1. The predicted octanol–water partition coefficient (Wildman–Crippen LogP) is 17.1. The van der Waals surface area contributed by atoms with Gasteiger partial charge in [0.25, 0.3) is 0 Å². The van der Waals surface area contributed by atoms with Crippen molar-refractivity contribution in [3.8, 4) is 0 Å². The molecule has 0 fully saturated rings. The van der Waals surface area contributed by atoms with Crippen LogP contribution in [0, 0.1) is 13.8 Å². The molecular weight excluding hydrogens is 745 g/mol. The molecule has 0 unspecified atom stereocenters. The van der Waals surface area contributed by atoms with Crippen LogP contribution in [0.15, 0.2) is 185 Å². The Balaban J connectivity index is 1.26. The fourth-order valence-electron chi connectivity index (χ4n) is 9.83. The number of hydrogen-bond donors (Lipinski definition) is 0. The lowest BCUT2D eigenvalue weighted by molar-refractivity contribution is 0.669. The van der Waals surface area contributed by atoms with Gasteiger partial charge in [-0.25, -0.2) is 0 Å². The quantitative estimate of drug-likeness (QED) is 0.151. The van der Waals surface area contributed by atoms with E-state index in [4.69, 9.17) is 8.83 Å². The molecule has 0 radical (unpaired) electrons. The van der Waals surface area contributed by atoms with Gasteiger partial charge in [0.1, 0.15) is 11.2 Å². The average molecular weight is 787 g/mol. The molecule has 12 rings (SSSR count). The summed E-state index contributed by atoms with van der Waals surface area (Å²) >= 11 is 0. The van der Waals surface area contributed by atoms with Gasteiger partial charge < -0.3 is 18.6 Å². The monoisotopic (exact) mass is 786 g/mol. The van der Waals surface area contributed by atoms with Crippen LogP contribution < -0.4 is 9.80 Å². The molecule has 10 aromatic carbocycles. The molecule has 2 heterocycles. The summed E-state index contributed by atoms with van der Waals surface area (Å²) in [5.74, 6) is 0.398. The van der Waals surface area contributed by atoms with Crippen molar-refractivity contribution >= 4 is 110 Å². The maximum Gasteiger partial charge on any atom is 0.159 e. The third-order valence-electron chi connectivity index (χ3n) is 12.8. The molecule has 0 atom stereocenters. The molecule has 0 amide bonds. The zero-order chi connectivity index (χ0) is 40.9. The Hall–Kier alpha value is -7.56. The minimum Gasteiger partial charge on any atom is -0.454 e. The summed E-state index contributed by atoms with van der Waals surface area (Å²) in [4.78, 5) is 4.87.